The smallest absolute Gasteiger partial charge is 0.0355 e. The topological polar surface area (TPSA) is 0 Å². The summed E-state index contributed by atoms with van der Waals surface area (Å²) in [6.45, 7) is 6.89. The van der Waals surface area contributed by atoms with E-state index in [0.29, 0.717) is 0 Å². The van der Waals surface area contributed by atoms with E-state index >= 15 is 0 Å². The summed E-state index contributed by atoms with van der Waals surface area (Å²) in [6.07, 6.45) is 16.5. The molecule has 1 unspecified atom stereocenters. The third-order valence-electron chi connectivity index (χ3n) is 3.24. The van der Waals surface area contributed by atoms with E-state index in [9.17, 15) is 0 Å². The molecule has 91 valence electrons. The van der Waals surface area contributed by atoms with E-state index < -0.39 is 0 Å². The normalized spacial score (nSPS) is 13.0. The molecule has 1 radical (unpaired) electrons. The molecule has 0 aliphatic heterocycles. The van der Waals surface area contributed by atoms with Crippen molar-refractivity contribution in [1.29, 1.82) is 0 Å². The zero-order valence-corrected chi connectivity index (χ0v) is 11.2. The van der Waals surface area contributed by atoms with E-state index in [0.717, 1.165) is 5.92 Å². The summed E-state index contributed by atoms with van der Waals surface area (Å²) in [5, 5.41) is 0. The Kier molecular flexibility index (Phi) is 12.1. The van der Waals surface area contributed by atoms with E-state index in [1.807, 2.05) is 0 Å². The number of unbranched alkanes of at least 4 members (excludes halogenated alkanes) is 6. The molecule has 0 bridgehead atoms. The standard InChI is InChI=1S/C15H31/c1-4-7-8-9-10-11-12-14-15(6-3)13-5-2/h14-15H,4-13H2,1-3H3. The lowest BCUT2D eigenvalue weighted by Crippen LogP contribution is -1.99. The van der Waals surface area contributed by atoms with Crippen LogP contribution < -0.4 is 0 Å². The van der Waals surface area contributed by atoms with Crippen molar-refractivity contribution < 1.29 is 0 Å². The highest BCUT2D eigenvalue weighted by molar-refractivity contribution is 4.74. The molecule has 0 amide bonds. The first-order chi connectivity index (χ1) is 7.35. The second-order valence-corrected chi connectivity index (χ2v) is 4.75. The zero-order chi connectivity index (χ0) is 11.4. The van der Waals surface area contributed by atoms with Gasteiger partial charge in [-0.05, 0) is 18.8 Å². The Hall–Kier alpha value is 0. The highest BCUT2D eigenvalue weighted by Gasteiger charge is 2.04. The van der Waals surface area contributed by atoms with Crippen LogP contribution in [0, 0.1) is 12.3 Å². The molecule has 0 aliphatic rings. The zero-order valence-electron chi connectivity index (χ0n) is 11.2. The van der Waals surface area contributed by atoms with E-state index in [4.69, 9.17) is 0 Å². The lowest BCUT2D eigenvalue weighted by molar-refractivity contribution is 0.496. The fourth-order valence-corrected chi connectivity index (χ4v) is 2.14. The number of hydrogen-bond acceptors (Lipinski definition) is 0. The molecule has 0 N–H and O–H groups in total. The SMILES string of the molecule is CCCCCCCC[CH]C(CC)CCC. The lowest BCUT2D eigenvalue weighted by atomic mass is 9.94. The Labute approximate surface area is 97.8 Å². The van der Waals surface area contributed by atoms with Crippen LogP contribution in [0.1, 0.15) is 85.0 Å². The van der Waals surface area contributed by atoms with E-state index in [1.54, 1.807) is 0 Å². The van der Waals surface area contributed by atoms with Crippen molar-refractivity contribution in [3.63, 3.8) is 0 Å². The minimum Gasteiger partial charge on any atom is -0.0654 e. The Morgan fingerprint density at radius 2 is 1.47 bits per heavy atom. The largest absolute Gasteiger partial charge is 0.0654 e. The Balaban J connectivity index is 3.14. The predicted molar refractivity (Wildman–Crippen MR) is 71.0 cm³/mol. The van der Waals surface area contributed by atoms with Crippen molar-refractivity contribution in [3.05, 3.63) is 6.42 Å². The molecule has 1 atom stereocenters. The molecule has 0 aromatic heterocycles. The Bertz CT molecular complexity index is 107. The first-order valence-electron chi connectivity index (χ1n) is 7.18. The van der Waals surface area contributed by atoms with Crippen molar-refractivity contribution in [3.8, 4) is 0 Å². The summed E-state index contributed by atoms with van der Waals surface area (Å²) in [5.41, 5.74) is 0. The average Bonchev–Trinajstić information content (AvgIpc) is 2.26. The van der Waals surface area contributed by atoms with Crippen molar-refractivity contribution in [2.45, 2.75) is 85.0 Å². The summed E-state index contributed by atoms with van der Waals surface area (Å²) >= 11 is 0. The van der Waals surface area contributed by atoms with Gasteiger partial charge in [0.2, 0.25) is 0 Å². The van der Waals surface area contributed by atoms with Gasteiger partial charge < -0.3 is 0 Å². The van der Waals surface area contributed by atoms with Crippen LogP contribution in [0.4, 0.5) is 0 Å². The van der Waals surface area contributed by atoms with Crippen molar-refractivity contribution >= 4 is 0 Å². The molecule has 0 heteroatoms. The maximum absolute atomic E-state index is 2.57. The first-order valence-corrected chi connectivity index (χ1v) is 7.18. The molecule has 0 saturated heterocycles. The molecule has 0 saturated carbocycles. The summed E-state index contributed by atoms with van der Waals surface area (Å²) in [7, 11) is 0. The van der Waals surface area contributed by atoms with Crippen LogP contribution in [0.15, 0.2) is 0 Å². The molecular weight excluding hydrogens is 180 g/mol. The molecule has 0 rings (SSSR count). The number of rotatable bonds is 11. The summed E-state index contributed by atoms with van der Waals surface area (Å²) < 4.78 is 0. The van der Waals surface area contributed by atoms with Gasteiger partial charge in [0, 0.05) is 0 Å². The first kappa shape index (κ1) is 15.0. The maximum Gasteiger partial charge on any atom is -0.0355 e. The maximum atomic E-state index is 2.57. The van der Waals surface area contributed by atoms with Crippen LogP contribution in [-0.2, 0) is 0 Å². The van der Waals surface area contributed by atoms with Crippen molar-refractivity contribution in [2.24, 2.45) is 5.92 Å². The van der Waals surface area contributed by atoms with E-state index in [2.05, 4.69) is 27.2 Å². The van der Waals surface area contributed by atoms with E-state index in [1.165, 1.54) is 64.2 Å². The molecule has 0 nitrogen and oxygen atoms in total. The lowest BCUT2D eigenvalue weighted by Gasteiger charge is -2.12. The van der Waals surface area contributed by atoms with Crippen molar-refractivity contribution in [2.75, 3.05) is 0 Å². The van der Waals surface area contributed by atoms with Gasteiger partial charge in [0.25, 0.3) is 0 Å². The van der Waals surface area contributed by atoms with E-state index in [-0.39, 0.29) is 0 Å². The third-order valence-corrected chi connectivity index (χ3v) is 3.24. The second kappa shape index (κ2) is 12.1. The molecular formula is C15H31. The highest BCUT2D eigenvalue weighted by Crippen LogP contribution is 2.18. The average molecular weight is 211 g/mol. The van der Waals surface area contributed by atoms with Crippen LogP contribution in [0.2, 0.25) is 0 Å². The molecule has 0 aliphatic carbocycles. The minimum absolute atomic E-state index is 0.894. The van der Waals surface area contributed by atoms with Gasteiger partial charge in [-0.25, -0.2) is 0 Å². The van der Waals surface area contributed by atoms with Gasteiger partial charge in [0.15, 0.2) is 0 Å². The summed E-state index contributed by atoms with van der Waals surface area (Å²) in [5.74, 6) is 0.894. The fraction of sp³-hybridized carbons (Fsp3) is 0.933. The second-order valence-electron chi connectivity index (χ2n) is 4.75. The fourth-order valence-electron chi connectivity index (χ4n) is 2.14. The van der Waals surface area contributed by atoms with Crippen LogP contribution in [0.25, 0.3) is 0 Å². The molecule has 0 fully saturated rings. The van der Waals surface area contributed by atoms with Crippen LogP contribution in [-0.4, -0.2) is 0 Å². The van der Waals surface area contributed by atoms with Crippen molar-refractivity contribution in [1.82, 2.24) is 0 Å². The van der Waals surface area contributed by atoms with Crippen LogP contribution in [0.3, 0.4) is 0 Å². The molecule has 0 spiro atoms. The van der Waals surface area contributed by atoms with Crippen LogP contribution >= 0.6 is 0 Å². The highest BCUT2D eigenvalue weighted by atomic mass is 14.1. The third kappa shape index (κ3) is 10.3. The van der Waals surface area contributed by atoms with Gasteiger partial charge in [0.1, 0.15) is 0 Å². The predicted octanol–water partition coefficient (Wildman–Crippen LogP) is 5.77. The quantitative estimate of drug-likeness (QED) is 0.381. The molecule has 0 aromatic rings. The van der Waals surface area contributed by atoms with Gasteiger partial charge in [0.05, 0.1) is 0 Å². The summed E-state index contributed by atoms with van der Waals surface area (Å²) in [4.78, 5) is 0. The Morgan fingerprint density at radius 1 is 0.800 bits per heavy atom. The number of hydrogen-bond donors (Lipinski definition) is 0. The van der Waals surface area contributed by atoms with Gasteiger partial charge >= 0.3 is 0 Å². The summed E-state index contributed by atoms with van der Waals surface area (Å²) in [6, 6.07) is 0. The minimum atomic E-state index is 0.894. The van der Waals surface area contributed by atoms with Gasteiger partial charge in [-0.1, -0.05) is 78.6 Å². The van der Waals surface area contributed by atoms with Gasteiger partial charge in [-0.15, -0.1) is 0 Å². The monoisotopic (exact) mass is 211 g/mol. The van der Waals surface area contributed by atoms with Crippen LogP contribution in [0.5, 0.6) is 0 Å². The van der Waals surface area contributed by atoms with Gasteiger partial charge in [-0.3, -0.25) is 0 Å². The molecule has 0 heterocycles. The Morgan fingerprint density at radius 3 is 2.07 bits per heavy atom. The molecule has 15 heavy (non-hydrogen) atoms. The molecule has 0 aromatic carbocycles. The van der Waals surface area contributed by atoms with Gasteiger partial charge in [-0.2, -0.15) is 0 Å².